The number of nitrogens with zero attached hydrogens (tertiary/aromatic N) is 5. The van der Waals surface area contributed by atoms with Crippen LogP contribution in [-0.2, 0) is 14.8 Å². The van der Waals surface area contributed by atoms with Crippen LogP contribution in [0, 0.1) is 0 Å². The average molecular weight is 590 g/mol. The Morgan fingerprint density at radius 1 is 1.18 bits per heavy atom. The lowest BCUT2D eigenvalue weighted by Crippen LogP contribution is -2.54. The summed E-state index contributed by atoms with van der Waals surface area (Å²) in [6.45, 7) is 5.56. The standard InChI is InChI=1S/C23H27F4N7O3S2/c1-11-8-33(9-12(2)28-11)14-7-13(39(35,36)32-23(4-5-23)22(26)27)10-34-17(20-30-31-21(38-20)18(24)25)16(29-19(14)34)15-3-6-37-15/h7,10-12,15,18,22,28,32H,3-6,8-9H2,1-2H3/t11-,12-,15?/m0/s1. The van der Waals surface area contributed by atoms with E-state index in [-0.39, 0.29) is 34.8 Å². The Morgan fingerprint density at radius 2 is 1.87 bits per heavy atom. The first-order valence-electron chi connectivity index (χ1n) is 12.6. The van der Waals surface area contributed by atoms with E-state index in [1.54, 1.807) is 0 Å². The molecule has 3 aromatic rings. The summed E-state index contributed by atoms with van der Waals surface area (Å²) in [6.07, 6.45) is -4.13. The molecule has 1 unspecified atom stereocenters. The Balaban J connectivity index is 1.57. The fraction of sp³-hybridized carbons (Fsp3) is 0.609. The number of imidazole rings is 1. The molecule has 2 aliphatic heterocycles. The Kier molecular flexibility index (Phi) is 6.60. The highest BCUT2D eigenvalue weighted by Crippen LogP contribution is 2.44. The van der Waals surface area contributed by atoms with E-state index in [0.29, 0.717) is 60.2 Å². The van der Waals surface area contributed by atoms with Gasteiger partial charge in [-0.2, -0.15) is 4.72 Å². The van der Waals surface area contributed by atoms with Gasteiger partial charge in [0.15, 0.2) is 15.7 Å². The topological polar surface area (TPSA) is 114 Å². The van der Waals surface area contributed by atoms with Crippen molar-refractivity contribution >= 4 is 32.7 Å². The molecule has 3 fully saturated rings. The summed E-state index contributed by atoms with van der Waals surface area (Å²) < 4.78 is 90.5. The van der Waals surface area contributed by atoms with Crippen molar-refractivity contribution in [3.05, 3.63) is 23.0 Å². The summed E-state index contributed by atoms with van der Waals surface area (Å²) in [5.41, 5.74) is -0.196. The van der Waals surface area contributed by atoms with Crippen LogP contribution in [0.25, 0.3) is 16.3 Å². The number of rotatable bonds is 8. The van der Waals surface area contributed by atoms with Gasteiger partial charge in [0.1, 0.15) is 16.7 Å². The molecule has 3 atom stereocenters. The fourth-order valence-electron chi connectivity index (χ4n) is 5.16. The van der Waals surface area contributed by atoms with Gasteiger partial charge in [0, 0.05) is 37.8 Å². The summed E-state index contributed by atoms with van der Waals surface area (Å²) in [7, 11) is -4.39. The zero-order chi connectivity index (χ0) is 27.7. The number of nitrogens with one attached hydrogen (secondary N) is 2. The third-order valence-electron chi connectivity index (χ3n) is 7.29. The number of piperazine rings is 1. The Labute approximate surface area is 225 Å². The van der Waals surface area contributed by atoms with Crippen molar-refractivity contribution in [2.45, 2.75) is 74.6 Å². The average Bonchev–Trinajstić information content (AvgIpc) is 3.27. The minimum absolute atomic E-state index is 0.0342. The quantitative estimate of drug-likeness (QED) is 0.384. The van der Waals surface area contributed by atoms with E-state index in [2.05, 4.69) is 20.2 Å². The monoisotopic (exact) mass is 589 g/mol. The van der Waals surface area contributed by atoms with Crippen LogP contribution >= 0.6 is 11.3 Å². The van der Waals surface area contributed by atoms with Gasteiger partial charge in [-0.15, -0.1) is 10.2 Å². The Bertz CT molecular complexity index is 1490. The smallest absolute Gasteiger partial charge is 0.291 e. The van der Waals surface area contributed by atoms with Crippen molar-refractivity contribution in [2.24, 2.45) is 0 Å². The molecule has 0 spiro atoms. The highest BCUT2D eigenvalue weighted by molar-refractivity contribution is 7.89. The van der Waals surface area contributed by atoms with Crippen LogP contribution in [0.15, 0.2) is 17.2 Å². The second kappa shape index (κ2) is 9.61. The summed E-state index contributed by atoms with van der Waals surface area (Å²) in [5.74, 6) is 0. The second-order valence-corrected chi connectivity index (χ2v) is 13.1. The minimum atomic E-state index is -4.39. The molecule has 0 bridgehead atoms. The number of hydrogen-bond acceptors (Lipinski definition) is 9. The van der Waals surface area contributed by atoms with Gasteiger partial charge in [-0.25, -0.2) is 31.0 Å². The molecule has 2 N–H and O–H groups in total. The lowest BCUT2D eigenvalue weighted by Gasteiger charge is -2.37. The molecule has 2 saturated heterocycles. The predicted octanol–water partition coefficient (Wildman–Crippen LogP) is 3.51. The van der Waals surface area contributed by atoms with Crippen LogP contribution in [0.3, 0.4) is 0 Å². The molecule has 39 heavy (non-hydrogen) atoms. The van der Waals surface area contributed by atoms with E-state index in [1.165, 1.54) is 16.7 Å². The molecule has 3 aromatic heterocycles. The number of fused-ring (bicyclic) bond motifs is 1. The SMILES string of the molecule is C[C@H]1CN(c2cc(S(=O)(=O)NC3(C(F)F)CC3)cn3c(-c4nnc(C(F)F)s4)c(C4CCO4)nc23)C[C@H](C)N1. The van der Waals surface area contributed by atoms with Gasteiger partial charge in [0.25, 0.3) is 12.9 Å². The van der Waals surface area contributed by atoms with Gasteiger partial charge in [-0.1, -0.05) is 11.3 Å². The molecule has 0 amide bonds. The number of anilines is 1. The van der Waals surface area contributed by atoms with Crippen LogP contribution in [-0.4, -0.2) is 71.7 Å². The van der Waals surface area contributed by atoms with Crippen LogP contribution in [0.4, 0.5) is 23.2 Å². The molecule has 0 aromatic carbocycles. The largest absolute Gasteiger partial charge is 0.372 e. The number of alkyl halides is 4. The van der Waals surface area contributed by atoms with Crippen LogP contribution in [0.2, 0.25) is 0 Å². The third-order valence-corrected chi connectivity index (χ3v) is 9.75. The number of ether oxygens (including phenoxy) is 1. The number of hydrogen-bond donors (Lipinski definition) is 2. The van der Waals surface area contributed by atoms with Crippen molar-refractivity contribution in [3.63, 3.8) is 0 Å². The van der Waals surface area contributed by atoms with E-state index in [4.69, 9.17) is 9.72 Å². The molecule has 0 radical (unpaired) electrons. The maximum Gasteiger partial charge on any atom is 0.291 e. The van der Waals surface area contributed by atoms with Crippen LogP contribution in [0.1, 0.15) is 56.3 Å². The maximum absolute atomic E-state index is 13.7. The highest BCUT2D eigenvalue weighted by Gasteiger charge is 2.54. The van der Waals surface area contributed by atoms with E-state index >= 15 is 0 Å². The second-order valence-electron chi connectivity index (χ2n) is 10.4. The lowest BCUT2D eigenvalue weighted by molar-refractivity contribution is -0.0546. The lowest BCUT2D eigenvalue weighted by atomic mass is 10.1. The minimum Gasteiger partial charge on any atom is -0.372 e. The first-order valence-corrected chi connectivity index (χ1v) is 14.9. The van der Waals surface area contributed by atoms with Gasteiger partial charge in [0.2, 0.25) is 10.0 Å². The van der Waals surface area contributed by atoms with Gasteiger partial charge in [-0.3, -0.25) is 4.40 Å². The van der Waals surface area contributed by atoms with Crippen LogP contribution < -0.4 is 14.9 Å². The summed E-state index contributed by atoms with van der Waals surface area (Å²) in [4.78, 5) is 6.57. The van der Waals surface area contributed by atoms with Gasteiger partial charge in [0.05, 0.1) is 23.5 Å². The highest BCUT2D eigenvalue weighted by atomic mass is 32.2. The van der Waals surface area contributed by atoms with E-state index < -0.39 is 39.5 Å². The normalized spacial score (nSPS) is 25.0. The Hall–Kier alpha value is -2.40. The molecule has 16 heteroatoms. The number of aromatic nitrogens is 4. The summed E-state index contributed by atoms with van der Waals surface area (Å²) >= 11 is 0.683. The van der Waals surface area contributed by atoms with Crippen molar-refractivity contribution in [1.29, 1.82) is 0 Å². The Morgan fingerprint density at radius 3 is 2.41 bits per heavy atom. The van der Waals surface area contributed by atoms with Crippen molar-refractivity contribution in [2.75, 3.05) is 24.6 Å². The van der Waals surface area contributed by atoms with Crippen molar-refractivity contribution < 1.29 is 30.7 Å². The molecule has 212 valence electrons. The summed E-state index contributed by atoms with van der Waals surface area (Å²) in [6, 6.07) is 1.58. The zero-order valence-corrected chi connectivity index (χ0v) is 22.7. The van der Waals surface area contributed by atoms with Gasteiger partial charge >= 0.3 is 0 Å². The van der Waals surface area contributed by atoms with Gasteiger partial charge < -0.3 is 15.0 Å². The van der Waals surface area contributed by atoms with E-state index in [0.717, 1.165) is 0 Å². The first-order chi connectivity index (χ1) is 18.5. The maximum atomic E-state index is 13.7. The van der Waals surface area contributed by atoms with Crippen molar-refractivity contribution in [3.8, 4) is 10.7 Å². The van der Waals surface area contributed by atoms with E-state index in [1.807, 2.05) is 18.7 Å². The van der Waals surface area contributed by atoms with E-state index in [9.17, 15) is 26.0 Å². The molecule has 5 heterocycles. The van der Waals surface area contributed by atoms with Gasteiger partial charge in [-0.05, 0) is 32.8 Å². The number of pyridine rings is 1. The van der Waals surface area contributed by atoms with Crippen LogP contribution in [0.5, 0.6) is 0 Å². The molecular weight excluding hydrogens is 562 g/mol. The first kappa shape index (κ1) is 26.8. The zero-order valence-electron chi connectivity index (χ0n) is 21.1. The summed E-state index contributed by atoms with van der Waals surface area (Å²) in [5, 5.41) is 10.6. The third kappa shape index (κ3) is 4.79. The number of sulfonamides is 1. The molecular formula is C23H27F4N7O3S2. The fourth-order valence-corrected chi connectivity index (χ4v) is 7.36. The molecule has 1 saturated carbocycles. The predicted molar refractivity (Wildman–Crippen MR) is 135 cm³/mol. The molecule has 3 aliphatic rings. The van der Waals surface area contributed by atoms with Crippen molar-refractivity contribution in [1.82, 2.24) is 29.6 Å². The molecule has 6 rings (SSSR count). The number of halogens is 4. The molecule has 1 aliphatic carbocycles. The molecule has 10 nitrogen and oxygen atoms in total.